The van der Waals surface area contributed by atoms with Gasteiger partial charge in [0.1, 0.15) is 19.3 Å². The Hall–Kier alpha value is -1.51. The minimum atomic E-state index is -4.68. The molecule has 10 heteroatoms. The van der Waals surface area contributed by atoms with Crippen molar-refractivity contribution in [3.05, 3.63) is 24.3 Å². The summed E-state index contributed by atoms with van der Waals surface area (Å²) >= 11 is 0. The number of phosphoric acid groups is 1. The van der Waals surface area contributed by atoms with Crippen LogP contribution in [0.25, 0.3) is 0 Å². The predicted octanol–water partition coefficient (Wildman–Crippen LogP) is 15.6. The van der Waals surface area contributed by atoms with Crippen molar-refractivity contribution in [2.24, 2.45) is 0 Å². The Morgan fingerprint density at radius 2 is 0.892 bits per heavy atom. The molecule has 0 radical (unpaired) electrons. The lowest BCUT2D eigenvalue weighted by molar-refractivity contribution is -0.870. The van der Waals surface area contributed by atoms with Gasteiger partial charge < -0.3 is 28.5 Å². The molecule has 0 bridgehead atoms. The summed E-state index contributed by atoms with van der Waals surface area (Å²) in [7, 11) is 1.19. The first-order valence-corrected chi connectivity index (χ1v) is 29.1. The van der Waals surface area contributed by atoms with Gasteiger partial charge in [-0.1, -0.05) is 219 Å². The summed E-state index contributed by atoms with van der Waals surface area (Å²) < 4.78 is 30.2. The van der Waals surface area contributed by atoms with E-state index in [0.717, 1.165) is 70.6 Å². The fourth-order valence-corrected chi connectivity index (χ4v) is 8.77. The van der Waals surface area contributed by atoms with Gasteiger partial charge in [0.25, 0.3) is 7.82 Å². The minimum absolute atomic E-state index is 0.0198. The number of unbranched alkanes of at least 4 members (excludes halogenated alkanes) is 32. The van der Waals surface area contributed by atoms with Crippen LogP contribution < -0.4 is 10.2 Å². The highest BCUT2D eigenvalue weighted by molar-refractivity contribution is 7.45. The number of phosphoric ester groups is 1. The van der Waals surface area contributed by atoms with Gasteiger partial charge in [0.15, 0.2) is 0 Å². The summed E-state index contributed by atoms with van der Waals surface area (Å²) in [5, 5.41) is 3.01. The quantitative estimate of drug-likeness (QED) is 0.0212. The van der Waals surface area contributed by atoms with Crippen molar-refractivity contribution in [1.82, 2.24) is 5.32 Å². The van der Waals surface area contributed by atoms with Gasteiger partial charge >= 0.3 is 5.97 Å². The number of nitrogens with zero attached hydrogens (tertiary/aromatic N) is 1. The molecule has 3 unspecified atom stereocenters. The smallest absolute Gasteiger partial charge is 0.306 e. The van der Waals surface area contributed by atoms with Gasteiger partial charge in [-0.2, -0.15) is 0 Å². The van der Waals surface area contributed by atoms with E-state index in [9.17, 15) is 19.0 Å². The molecule has 1 amide bonds. The molecule has 0 fully saturated rings. The maximum absolute atomic E-state index is 13.4. The number of hydrogen-bond donors (Lipinski definition) is 1. The normalized spacial score (nSPS) is 14.0. The molecule has 0 aliphatic heterocycles. The summed E-state index contributed by atoms with van der Waals surface area (Å²) in [5.41, 5.74) is 0. The molecule has 65 heavy (non-hydrogen) atoms. The fourth-order valence-electron chi connectivity index (χ4n) is 8.05. The average Bonchev–Trinajstić information content (AvgIpc) is 3.26. The summed E-state index contributed by atoms with van der Waals surface area (Å²) in [6.45, 7) is 6.83. The first-order valence-electron chi connectivity index (χ1n) is 27.6. The van der Waals surface area contributed by atoms with Crippen molar-refractivity contribution in [3.63, 3.8) is 0 Å². The van der Waals surface area contributed by atoms with E-state index in [2.05, 4.69) is 38.2 Å². The molecule has 9 nitrogen and oxygen atoms in total. The highest BCUT2D eigenvalue weighted by Gasteiger charge is 2.27. The van der Waals surface area contributed by atoms with E-state index in [1.165, 1.54) is 161 Å². The molecule has 0 aliphatic carbocycles. The third kappa shape index (κ3) is 47.4. The van der Waals surface area contributed by atoms with Crippen LogP contribution in [0, 0.1) is 0 Å². The van der Waals surface area contributed by atoms with Crippen molar-refractivity contribution in [2.75, 3.05) is 40.9 Å². The van der Waals surface area contributed by atoms with Crippen molar-refractivity contribution in [2.45, 2.75) is 277 Å². The van der Waals surface area contributed by atoms with Crippen LogP contribution in [0.15, 0.2) is 24.3 Å². The molecular formula is C55H107N2O7P. The molecule has 0 aliphatic rings. The molecule has 0 aromatic heterocycles. The first-order chi connectivity index (χ1) is 31.4. The Kier molecular flexibility index (Phi) is 45.2. The number of hydrogen-bond acceptors (Lipinski definition) is 7. The zero-order valence-electron chi connectivity index (χ0n) is 43.7. The number of amides is 1. The van der Waals surface area contributed by atoms with E-state index < -0.39 is 20.0 Å². The molecule has 0 aromatic rings. The van der Waals surface area contributed by atoms with Gasteiger partial charge in [-0.05, 0) is 57.4 Å². The van der Waals surface area contributed by atoms with Gasteiger partial charge in [-0.15, -0.1) is 0 Å². The van der Waals surface area contributed by atoms with E-state index in [1.807, 2.05) is 33.3 Å². The van der Waals surface area contributed by atoms with Crippen molar-refractivity contribution < 1.29 is 37.3 Å². The number of esters is 1. The predicted molar refractivity (Wildman–Crippen MR) is 275 cm³/mol. The molecule has 1 N–H and O–H groups in total. The molecule has 0 heterocycles. The highest BCUT2D eigenvalue weighted by Crippen LogP contribution is 2.38. The second-order valence-electron chi connectivity index (χ2n) is 20.1. The van der Waals surface area contributed by atoms with Crippen LogP contribution >= 0.6 is 7.82 Å². The van der Waals surface area contributed by atoms with Gasteiger partial charge in [0.05, 0.1) is 33.8 Å². The Balaban J connectivity index is 5.38. The summed E-state index contributed by atoms with van der Waals surface area (Å²) in [4.78, 5) is 39.7. The summed E-state index contributed by atoms with van der Waals surface area (Å²) in [5.74, 6) is -0.538. The Morgan fingerprint density at radius 1 is 0.523 bits per heavy atom. The maximum Gasteiger partial charge on any atom is 0.306 e. The number of nitrogens with one attached hydrogen (secondary N) is 1. The lowest BCUT2D eigenvalue weighted by Crippen LogP contribution is -2.47. The van der Waals surface area contributed by atoms with Gasteiger partial charge in [0.2, 0.25) is 5.91 Å². The van der Waals surface area contributed by atoms with Crippen molar-refractivity contribution in [1.29, 1.82) is 0 Å². The van der Waals surface area contributed by atoms with Crippen LogP contribution in [0.2, 0.25) is 0 Å². The van der Waals surface area contributed by atoms with Crippen LogP contribution in [-0.4, -0.2) is 69.4 Å². The molecule has 0 aromatic carbocycles. The summed E-state index contributed by atoms with van der Waals surface area (Å²) in [6, 6.07) is -0.882. The number of carbonyl (C=O) groups excluding carboxylic acids is 2. The number of likely N-dealkylation sites (N-methyl/N-ethyl adjacent to an activating group) is 1. The molecular weight excluding hydrogens is 832 g/mol. The Morgan fingerprint density at radius 3 is 1.32 bits per heavy atom. The number of allylic oxidation sites excluding steroid dienone is 3. The molecule has 0 saturated heterocycles. The van der Waals surface area contributed by atoms with Gasteiger partial charge in [0, 0.05) is 12.8 Å². The molecule has 384 valence electrons. The third-order valence-corrected chi connectivity index (χ3v) is 13.3. The molecule has 0 spiro atoms. The highest BCUT2D eigenvalue weighted by atomic mass is 31.2. The average molecular weight is 939 g/mol. The zero-order valence-corrected chi connectivity index (χ0v) is 44.6. The topological polar surface area (TPSA) is 114 Å². The second-order valence-corrected chi connectivity index (χ2v) is 21.5. The van der Waals surface area contributed by atoms with Crippen LogP contribution in [0.3, 0.4) is 0 Å². The van der Waals surface area contributed by atoms with Crippen LogP contribution in [-0.2, 0) is 27.9 Å². The number of carbonyl (C=O) groups is 2. The van der Waals surface area contributed by atoms with E-state index in [-0.39, 0.29) is 31.5 Å². The summed E-state index contributed by atoms with van der Waals surface area (Å²) in [6.07, 6.45) is 51.3. The lowest BCUT2D eigenvalue weighted by atomic mass is 10.0. The minimum Gasteiger partial charge on any atom is -0.756 e. The van der Waals surface area contributed by atoms with E-state index in [4.69, 9.17) is 13.8 Å². The molecule has 0 saturated carbocycles. The number of ether oxygens (including phenoxy) is 1. The lowest BCUT2D eigenvalue weighted by Gasteiger charge is -2.30. The maximum atomic E-state index is 13.4. The van der Waals surface area contributed by atoms with Crippen LogP contribution in [0.5, 0.6) is 0 Å². The van der Waals surface area contributed by atoms with E-state index in [1.54, 1.807) is 0 Å². The Bertz CT molecular complexity index is 1170. The number of quaternary nitrogens is 1. The standard InChI is InChI=1S/C55H107N2O7P/c1-7-10-13-16-19-22-25-27-28-30-33-36-39-42-45-48-55(59)64-53(46-43-40-37-34-32-29-26-23-20-17-14-11-8-2)52(51-63-65(60,61)62-50-49-57(4,5)6)56-54(58)47-44-41-38-35-31-24-21-18-15-12-9-3/h22,25,43,46,52-53H,7-21,23-24,26-42,44-45,47-51H2,1-6H3,(H-,56,58,60,61)/b25-22-,46-43+. The molecule has 3 atom stereocenters. The van der Waals surface area contributed by atoms with Gasteiger partial charge in [-0.3, -0.25) is 14.2 Å². The first kappa shape index (κ1) is 63.5. The molecule has 0 rings (SSSR count). The zero-order chi connectivity index (χ0) is 48.0. The van der Waals surface area contributed by atoms with Crippen LogP contribution in [0.1, 0.15) is 265 Å². The number of rotatable bonds is 50. The third-order valence-electron chi connectivity index (χ3n) is 12.4. The second kappa shape index (κ2) is 46.2. The largest absolute Gasteiger partial charge is 0.756 e. The van der Waals surface area contributed by atoms with Gasteiger partial charge in [-0.25, -0.2) is 0 Å². The van der Waals surface area contributed by atoms with E-state index in [0.29, 0.717) is 17.4 Å². The van der Waals surface area contributed by atoms with Crippen LogP contribution in [0.4, 0.5) is 0 Å². The Labute approximate surface area is 403 Å². The van der Waals surface area contributed by atoms with E-state index >= 15 is 0 Å². The fraction of sp³-hybridized carbons (Fsp3) is 0.891. The van der Waals surface area contributed by atoms with Crippen molar-refractivity contribution >= 4 is 19.7 Å². The monoisotopic (exact) mass is 939 g/mol. The SMILES string of the molecule is CCCCCC/C=C\CCCCCCCCCC(=O)OC(/C=C/CCCCCCCCCCCCC)C(COP(=O)([O-])OCC[N+](C)(C)C)NC(=O)CCCCCCCCCCCCC. The van der Waals surface area contributed by atoms with Crippen molar-refractivity contribution in [3.8, 4) is 0 Å².